The van der Waals surface area contributed by atoms with Crippen LogP contribution in [0.25, 0.3) is 0 Å². The summed E-state index contributed by atoms with van der Waals surface area (Å²) in [6.45, 7) is 1.30. The first-order chi connectivity index (χ1) is 12.7. The predicted molar refractivity (Wildman–Crippen MR) is 99.1 cm³/mol. The lowest BCUT2D eigenvalue weighted by Gasteiger charge is -2.35. The summed E-state index contributed by atoms with van der Waals surface area (Å²) in [5.41, 5.74) is 7.49. The molecular weight excluding hydrogens is 353 g/mol. The topological polar surface area (TPSA) is 57.5 Å². The molecule has 2 aliphatic rings. The molecule has 0 aliphatic carbocycles. The third kappa shape index (κ3) is 3.39. The van der Waals surface area contributed by atoms with Crippen LogP contribution in [-0.2, 0) is 5.75 Å². The van der Waals surface area contributed by atoms with Crippen LogP contribution in [0.5, 0.6) is 0 Å². The zero-order chi connectivity index (χ0) is 18.1. The van der Waals surface area contributed by atoms with Crippen LogP contribution in [0.15, 0.2) is 40.8 Å². The van der Waals surface area contributed by atoms with Gasteiger partial charge in [-0.3, -0.25) is 10.2 Å². The minimum absolute atomic E-state index is 0.0186. The molecule has 3 atom stereocenters. The molecule has 1 amide bonds. The van der Waals surface area contributed by atoms with E-state index in [4.69, 9.17) is 4.42 Å². The van der Waals surface area contributed by atoms with Crippen molar-refractivity contribution in [3.8, 4) is 0 Å². The number of thioether (sulfide) groups is 1. The van der Waals surface area contributed by atoms with E-state index in [-0.39, 0.29) is 29.7 Å². The lowest BCUT2D eigenvalue weighted by molar-refractivity contribution is 0.0619. The standard InChI is InChI=1S/C19H22FN3O2S/c1-26-11-14-5-6-17(25-14)19(24)23-8-7-16-15(10-23)18(22-21-16)12-3-2-4-13(20)9-12/h2-6,9,15-16,18,21-22H,7-8,10-11H2,1H3. The number of hydrogen-bond acceptors (Lipinski definition) is 5. The van der Waals surface area contributed by atoms with Gasteiger partial charge < -0.3 is 9.32 Å². The Kier molecular flexibility index (Phi) is 5.02. The first-order valence-corrected chi connectivity index (χ1v) is 10.2. The fourth-order valence-electron chi connectivity index (χ4n) is 3.89. The minimum Gasteiger partial charge on any atom is -0.455 e. The van der Waals surface area contributed by atoms with Gasteiger partial charge in [-0.05, 0) is 42.5 Å². The number of likely N-dealkylation sites (tertiary alicyclic amines) is 1. The summed E-state index contributed by atoms with van der Waals surface area (Å²) in [7, 11) is 0. The predicted octanol–water partition coefficient (Wildman–Crippen LogP) is 2.96. The van der Waals surface area contributed by atoms with Crippen molar-refractivity contribution in [2.45, 2.75) is 24.3 Å². The molecule has 0 bridgehead atoms. The number of carbonyl (C=O) groups excluding carboxylic acids is 1. The fourth-order valence-corrected chi connectivity index (χ4v) is 4.33. The van der Waals surface area contributed by atoms with Crippen LogP contribution in [0.2, 0.25) is 0 Å². The number of hydrogen-bond donors (Lipinski definition) is 2. The molecule has 7 heteroatoms. The molecule has 2 N–H and O–H groups in total. The van der Waals surface area contributed by atoms with Crippen molar-refractivity contribution in [1.82, 2.24) is 15.8 Å². The fraction of sp³-hybridized carbons (Fsp3) is 0.421. The van der Waals surface area contributed by atoms with Gasteiger partial charge in [-0.1, -0.05) is 12.1 Å². The van der Waals surface area contributed by atoms with Gasteiger partial charge in [0.15, 0.2) is 5.76 Å². The summed E-state index contributed by atoms with van der Waals surface area (Å²) in [6.07, 6.45) is 2.86. The van der Waals surface area contributed by atoms with Gasteiger partial charge in [-0.2, -0.15) is 11.8 Å². The van der Waals surface area contributed by atoms with Gasteiger partial charge >= 0.3 is 0 Å². The third-order valence-corrected chi connectivity index (χ3v) is 5.74. The van der Waals surface area contributed by atoms with Gasteiger partial charge in [0.05, 0.1) is 11.8 Å². The highest BCUT2D eigenvalue weighted by atomic mass is 32.2. The summed E-state index contributed by atoms with van der Waals surface area (Å²) in [4.78, 5) is 14.7. The number of amides is 1. The monoisotopic (exact) mass is 375 g/mol. The number of halogens is 1. The molecule has 0 radical (unpaired) electrons. The van der Waals surface area contributed by atoms with Gasteiger partial charge in [0.25, 0.3) is 5.91 Å². The number of fused-ring (bicyclic) bond motifs is 1. The van der Waals surface area contributed by atoms with E-state index in [1.807, 2.05) is 23.3 Å². The molecule has 3 unspecified atom stereocenters. The highest BCUT2D eigenvalue weighted by Gasteiger charge is 2.42. The zero-order valence-electron chi connectivity index (χ0n) is 14.6. The smallest absolute Gasteiger partial charge is 0.289 e. The van der Waals surface area contributed by atoms with Crippen LogP contribution in [0.1, 0.15) is 34.3 Å². The number of nitrogens with zero attached hydrogens (tertiary/aromatic N) is 1. The number of nitrogens with one attached hydrogen (secondary N) is 2. The summed E-state index contributed by atoms with van der Waals surface area (Å²) < 4.78 is 19.3. The van der Waals surface area contributed by atoms with E-state index in [0.717, 1.165) is 23.5 Å². The number of benzene rings is 1. The molecule has 0 spiro atoms. The maximum atomic E-state index is 13.6. The van der Waals surface area contributed by atoms with Gasteiger partial charge in [-0.15, -0.1) is 0 Å². The molecule has 2 fully saturated rings. The average Bonchev–Trinajstić information content (AvgIpc) is 3.28. The second kappa shape index (κ2) is 7.42. The molecular formula is C19H22FN3O2S. The molecule has 26 heavy (non-hydrogen) atoms. The molecule has 1 aromatic heterocycles. The van der Waals surface area contributed by atoms with Crippen molar-refractivity contribution in [3.63, 3.8) is 0 Å². The Balaban J connectivity index is 1.49. The van der Waals surface area contributed by atoms with Crippen molar-refractivity contribution in [2.24, 2.45) is 5.92 Å². The van der Waals surface area contributed by atoms with Crippen LogP contribution < -0.4 is 10.9 Å². The molecule has 5 nitrogen and oxygen atoms in total. The number of furan rings is 1. The maximum absolute atomic E-state index is 13.6. The Morgan fingerprint density at radius 3 is 3.04 bits per heavy atom. The highest BCUT2D eigenvalue weighted by Crippen LogP contribution is 2.34. The quantitative estimate of drug-likeness (QED) is 0.861. The van der Waals surface area contributed by atoms with E-state index in [0.29, 0.717) is 18.8 Å². The Labute approximate surface area is 156 Å². The molecule has 2 aromatic rings. The van der Waals surface area contributed by atoms with Crippen molar-refractivity contribution in [3.05, 3.63) is 59.3 Å². The van der Waals surface area contributed by atoms with Crippen LogP contribution in [0.3, 0.4) is 0 Å². The van der Waals surface area contributed by atoms with Crippen molar-refractivity contribution in [2.75, 3.05) is 19.3 Å². The lowest BCUT2D eigenvalue weighted by atomic mass is 9.85. The Bertz CT molecular complexity index is 797. The van der Waals surface area contributed by atoms with Crippen molar-refractivity contribution in [1.29, 1.82) is 0 Å². The van der Waals surface area contributed by atoms with Crippen molar-refractivity contribution >= 4 is 17.7 Å². The summed E-state index contributed by atoms with van der Waals surface area (Å²) in [5, 5.41) is 0. The van der Waals surface area contributed by atoms with Crippen LogP contribution in [0, 0.1) is 11.7 Å². The number of rotatable bonds is 4. The van der Waals surface area contributed by atoms with Crippen molar-refractivity contribution < 1.29 is 13.6 Å². The SMILES string of the molecule is CSCc1ccc(C(=O)N2CCC3NNC(c4cccc(F)c4)C3C2)o1. The minimum atomic E-state index is -0.242. The van der Waals surface area contributed by atoms with Gasteiger partial charge in [-0.25, -0.2) is 9.82 Å². The highest BCUT2D eigenvalue weighted by molar-refractivity contribution is 7.97. The second-order valence-electron chi connectivity index (χ2n) is 6.83. The zero-order valence-corrected chi connectivity index (χ0v) is 15.4. The summed E-state index contributed by atoms with van der Waals surface area (Å²) in [6, 6.07) is 10.5. The van der Waals surface area contributed by atoms with Crippen LogP contribution in [-0.4, -0.2) is 36.2 Å². The van der Waals surface area contributed by atoms with E-state index in [2.05, 4.69) is 10.9 Å². The number of carbonyl (C=O) groups is 1. The van der Waals surface area contributed by atoms with E-state index in [9.17, 15) is 9.18 Å². The molecule has 2 aliphatic heterocycles. The Morgan fingerprint density at radius 1 is 1.35 bits per heavy atom. The van der Waals surface area contributed by atoms with E-state index in [1.165, 1.54) is 6.07 Å². The van der Waals surface area contributed by atoms with E-state index < -0.39 is 0 Å². The molecule has 1 aromatic carbocycles. The average molecular weight is 375 g/mol. The van der Waals surface area contributed by atoms with Gasteiger partial charge in [0, 0.05) is 25.0 Å². The third-order valence-electron chi connectivity index (χ3n) is 5.16. The summed E-state index contributed by atoms with van der Waals surface area (Å²) >= 11 is 1.66. The molecule has 4 rings (SSSR count). The first-order valence-electron chi connectivity index (χ1n) is 8.79. The molecule has 2 saturated heterocycles. The van der Waals surface area contributed by atoms with Crippen LogP contribution >= 0.6 is 11.8 Å². The molecule has 0 saturated carbocycles. The largest absolute Gasteiger partial charge is 0.455 e. The van der Waals surface area contributed by atoms with E-state index >= 15 is 0 Å². The number of hydrazine groups is 1. The number of piperidine rings is 1. The van der Waals surface area contributed by atoms with E-state index in [1.54, 1.807) is 30.0 Å². The Morgan fingerprint density at radius 2 is 2.23 bits per heavy atom. The van der Waals surface area contributed by atoms with Gasteiger partial charge in [0.1, 0.15) is 11.6 Å². The lowest BCUT2D eigenvalue weighted by Crippen LogP contribution is -2.47. The maximum Gasteiger partial charge on any atom is 0.289 e. The second-order valence-corrected chi connectivity index (χ2v) is 7.70. The van der Waals surface area contributed by atoms with Crippen LogP contribution in [0.4, 0.5) is 4.39 Å². The van der Waals surface area contributed by atoms with Gasteiger partial charge in [0.2, 0.25) is 0 Å². The first kappa shape index (κ1) is 17.6. The molecule has 138 valence electrons. The molecule has 3 heterocycles. The Hall–Kier alpha value is -1.83. The normalized spacial score (nSPS) is 25.3. The summed E-state index contributed by atoms with van der Waals surface area (Å²) in [5.74, 6) is 1.85.